The lowest BCUT2D eigenvalue weighted by Gasteiger charge is -2.36. The number of hydrogen-bond acceptors (Lipinski definition) is 4. The minimum absolute atomic E-state index is 0.0432. The molecule has 6 heteroatoms. The van der Waals surface area contributed by atoms with Crippen LogP contribution in [0.5, 0.6) is 5.75 Å². The van der Waals surface area contributed by atoms with E-state index in [0.29, 0.717) is 0 Å². The summed E-state index contributed by atoms with van der Waals surface area (Å²) >= 11 is 0. The number of para-hydroxylation sites is 1. The first-order valence-electron chi connectivity index (χ1n) is 8.96. The van der Waals surface area contributed by atoms with Gasteiger partial charge in [0.1, 0.15) is 11.9 Å². The third kappa shape index (κ3) is 3.39. The Kier molecular flexibility index (Phi) is 4.44. The third-order valence-electron chi connectivity index (χ3n) is 5.08. The fourth-order valence-corrected chi connectivity index (χ4v) is 3.82. The van der Waals surface area contributed by atoms with Crippen molar-refractivity contribution in [2.45, 2.75) is 31.4 Å². The molecule has 0 bridgehead atoms. The summed E-state index contributed by atoms with van der Waals surface area (Å²) in [6, 6.07) is 9.88. The summed E-state index contributed by atoms with van der Waals surface area (Å²) in [4.78, 5) is 17.2. The molecule has 2 aliphatic heterocycles. The van der Waals surface area contributed by atoms with E-state index in [4.69, 9.17) is 4.74 Å². The average molecular weight is 340 g/mol. The predicted molar refractivity (Wildman–Crippen MR) is 95.6 cm³/mol. The lowest BCUT2D eigenvalue weighted by molar-refractivity contribution is -0.125. The van der Waals surface area contributed by atoms with Gasteiger partial charge < -0.3 is 9.64 Å². The number of piperidine rings is 1. The highest BCUT2D eigenvalue weighted by molar-refractivity contribution is 5.97. The molecule has 0 saturated carbocycles. The SMILES string of the molecule is Cn1cc(N2CCC[C@H](N3CC[C@@H](Oc4ccccc4)C3)C2=O)cn1. The number of nitrogens with zero attached hydrogens (tertiary/aromatic N) is 4. The van der Waals surface area contributed by atoms with Crippen molar-refractivity contribution in [1.29, 1.82) is 0 Å². The number of aryl methyl sites for hydroxylation is 1. The highest BCUT2D eigenvalue weighted by Gasteiger charge is 2.38. The lowest BCUT2D eigenvalue weighted by Crippen LogP contribution is -2.52. The zero-order valence-electron chi connectivity index (χ0n) is 14.5. The predicted octanol–water partition coefficient (Wildman–Crippen LogP) is 2.07. The van der Waals surface area contributed by atoms with Crippen LogP contribution in [0.25, 0.3) is 0 Å². The maximum atomic E-state index is 13.0. The molecule has 2 atom stereocenters. The summed E-state index contributed by atoms with van der Waals surface area (Å²) < 4.78 is 7.81. The molecule has 0 N–H and O–H groups in total. The second-order valence-corrected chi connectivity index (χ2v) is 6.86. The molecule has 0 unspecified atom stereocenters. The first-order chi connectivity index (χ1) is 12.2. The number of rotatable bonds is 4. The van der Waals surface area contributed by atoms with Crippen LogP contribution < -0.4 is 9.64 Å². The van der Waals surface area contributed by atoms with Crippen LogP contribution in [-0.4, -0.2) is 52.4 Å². The fraction of sp³-hybridized carbons (Fsp3) is 0.474. The minimum Gasteiger partial charge on any atom is -0.489 e. The van der Waals surface area contributed by atoms with Crippen molar-refractivity contribution in [3.05, 3.63) is 42.7 Å². The standard InChI is InChI=1S/C19H24N4O2/c1-21-13-15(12-20-21)23-10-5-8-18(19(23)24)22-11-9-17(14-22)25-16-6-3-2-4-7-16/h2-4,6-7,12-13,17-18H,5,8-11,14H2,1H3/t17-,18+/m1/s1. The lowest BCUT2D eigenvalue weighted by atomic mass is 10.0. The summed E-state index contributed by atoms with van der Waals surface area (Å²) in [6.45, 7) is 2.50. The van der Waals surface area contributed by atoms with E-state index >= 15 is 0 Å². The number of aromatic nitrogens is 2. The van der Waals surface area contributed by atoms with Crippen LogP contribution >= 0.6 is 0 Å². The van der Waals surface area contributed by atoms with Gasteiger partial charge in [0.25, 0.3) is 0 Å². The Morgan fingerprint density at radius 2 is 2.00 bits per heavy atom. The molecule has 2 fully saturated rings. The van der Waals surface area contributed by atoms with Crippen LogP contribution in [0.4, 0.5) is 5.69 Å². The smallest absolute Gasteiger partial charge is 0.244 e. The van der Waals surface area contributed by atoms with Gasteiger partial charge in [0.15, 0.2) is 0 Å². The van der Waals surface area contributed by atoms with E-state index in [2.05, 4.69) is 10.00 Å². The van der Waals surface area contributed by atoms with Crippen molar-refractivity contribution >= 4 is 11.6 Å². The third-order valence-corrected chi connectivity index (χ3v) is 5.08. The van der Waals surface area contributed by atoms with Crippen LogP contribution in [0, 0.1) is 0 Å². The quantitative estimate of drug-likeness (QED) is 0.855. The van der Waals surface area contributed by atoms with E-state index in [-0.39, 0.29) is 18.1 Å². The zero-order valence-corrected chi connectivity index (χ0v) is 14.5. The van der Waals surface area contributed by atoms with Gasteiger partial charge in [-0.3, -0.25) is 14.4 Å². The van der Waals surface area contributed by atoms with E-state index in [1.807, 2.05) is 48.5 Å². The average Bonchev–Trinajstić information content (AvgIpc) is 3.25. The molecule has 6 nitrogen and oxygen atoms in total. The van der Waals surface area contributed by atoms with Crippen molar-refractivity contribution < 1.29 is 9.53 Å². The van der Waals surface area contributed by atoms with E-state index in [0.717, 1.165) is 50.3 Å². The molecule has 1 aromatic heterocycles. The molecule has 0 aliphatic carbocycles. The second kappa shape index (κ2) is 6.88. The molecule has 1 aromatic carbocycles. The van der Waals surface area contributed by atoms with Gasteiger partial charge in [0, 0.05) is 32.9 Å². The molecule has 3 heterocycles. The van der Waals surface area contributed by atoms with Crippen molar-refractivity contribution in [2.75, 3.05) is 24.5 Å². The molecule has 25 heavy (non-hydrogen) atoms. The van der Waals surface area contributed by atoms with Crippen molar-refractivity contribution in [2.24, 2.45) is 7.05 Å². The molecular formula is C19H24N4O2. The number of anilines is 1. The first kappa shape index (κ1) is 16.1. The number of ether oxygens (including phenoxy) is 1. The Morgan fingerprint density at radius 1 is 1.16 bits per heavy atom. The van der Waals surface area contributed by atoms with Gasteiger partial charge in [0.2, 0.25) is 5.91 Å². The Balaban J connectivity index is 1.40. The van der Waals surface area contributed by atoms with E-state index in [1.165, 1.54) is 0 Å². The largest absolute Gasteiger partial charge is 0.489 e. The highest BCUT2D eigenvalue weighted by atomic mass is 16.5. The zero-order chi connectivity index (χ0) is 17.2. The number of carbonyl (C=O) groups excluding carboxylic acids is 1. The molecule has 2 aromatic rings. The first-order valence-corrected chi connectivity index (χ1v) is 8.96. The van der Waals surface area contributed by atoms with Gasteiger partial charge in [-0.05, 0) is 31.4 Å². The number of benzene rings is 1. The molecular weight excluding hydrogens is 316 g/mol. The van der Waals surface area contributed by atoms with E-state index < -0.39 is 0 Å². The maximum Gasteiger partial charge on any atom is 0.244 e. The normalized spacial score (nSPS) is 24.7. The van der Waals surface area contributed by atoms with Crippen LogP contribution in [-0.2, 0) is 11.8 Å². The van der Waals surface area contributed by atoms with Gasteiger partial charge in [0.05, 0.1) is 17.9 Å². The fourth-order valence-electron chi connectivity index (χ4n) is 3.82. The van der Waals surface area contributed by atoms with Crippen LogP contribution in [0.2, 0.25) is 0 Å². The van der Waals surface area contributed by atoms with Crippen molar-refractivity contribution in [1.82, 2.24) is 14.7 Å². The van der Waals surface area contributed by atoms with Crippen LogP contribution in [0.3, 0.4) is 0 Å². The van der Waals surface area contributed by atoms with E-state index in [9.17, 15) is 4.79 Å². The molecule has 132 valence electrons. The molecule has 0 radical (unpaired) electrons. The number of carbonyl (C=O) groups is 1. The second-order valence-electron chi connectivity index (χ2n) is 6.86. The molecule has 2 saturated heterocycles. The minimum atomic E-state index is -0.0432. The van der Waals surface area contributed by atoms with Gasteiger partial charge in [-0.25, -0.2) is 0 Å². The Hall–Kier alpha value is -2.34. The monoisotopic (exact) mass is 340 g/mol. The van der Waals surface area contributed by atoms with Crippen molar-refractivity contribution in [3.8, 4) is 5.75 Å². The molecule has 0 spiro atoms. The molecule has 2 aliphatic rings. The van der Waals surface area contributed by atoms with Gasteiger partial charge in [-0.15, -0.1) is 0 Å². The van der Waals surface area contributed by atoms with Gasteiger partial charge >= 0.3 is 0 Å². The highest BCUT2D eigenvalue weighted by Crippen LogP contribution is 2.27. The Morgan fingerprint density at radius 3 is 2.76 bits per heavy atom. The van der Waals surface area contributed by atoms with Gasteiger partial charge in [-0.1, -0.05) is 18.2 Å². The summed E-state index contributed by atoms with van der Waals surface area (Å²) in [5.41, 5.74) is 0.897. The van der Waals surface area contributed by atoms with Crippen LogP contribution in [0.1, 0.15) is 19.3 Å². The number of hydrogen-bond donors (Lipinski definition) is 0. The van der Waals surface area contributed by atoms with Crippen LogP contribution in [0.15, 0.2) is 42.7 Å². The molecule has 1 amide bonds. The summed E-state index contributed by atoms with van der Waals surface area (Å²) in [7, 11) is 1.88. The summed E-state index contributed by atoms with van der Waals surface area (Å²) in [5.74, 6) is 1.10. The van der Waals surface area contributed by atoms with Gasteiger partial charge in [-0.2, -0.15) is 5.10 Å². The number of amides is 1. The molecule has 4 rings (SSSR count). The van der Waals surface area contributed by atoms with Crippen molar-refractivity contribution in [3.63, 3.8) is 0 Å². The summed E-state index contributed by atoms with van der Waals surface area (Å²) in [5, 5.41) is 4.20. The summed E-state index contributed by atoms with van der Waals surface area (Å²) in [6.07, 6.45) is 6.74. The maximum absolute atomic E-state index is 13.0. The van der Waals surface area contributed by atoms with E-state index in [1.54, 1.807) is 10.9 Å². The Bertz CT molecular complexity index is 730. The topological polar surface area (TPSA) is 50.6 Å². The number of likely N-dealkylation sites (tertiary alicyclic amines) is 1. The Labute approximate surface area is 148 Å².